The van der Waals surface area contributed by atoms with Gasteiger partial charge in [-0.2, -0.15) is 0 Å². The van der Waals surface area contributed by atoms with Crippen LogP contribution < -0.4 is 5.73 Å². The summed E-state index contributed by atoms with van der Waals surface area (Å²) in [5.41, 5.74) is 5.72. The third-order valence-corrected chi connectivity index (χ3v) is 4.12. The molecule has 2 aromatic rings. The van der Waals surface area contributed by atoms with Crippen molar-refractivity contribution in [3.63, 3.8) is 0 Å². The third kappa shape index (κ3) is 4.14. The fourth-order valence-electron chi connectivity index (χ4n) is 2.00. The molecule has 6 heteroatoms. The van der Waals surface area contributed by atoms with Crippen molar-refractivity contribution < 1.29 is 14.0 Å². The lowest BCUT2D eigenvalue weighted by Crippen LogP contribution is -2.26. The van der Waals surface area contributed by atoms with E-state index in [0.717, 1.165) is 16.4 Å². The van der Waals surface area contributed by atoms with Gasteiger partial charge in [-0.15, -0.1) is 11.8 Å². The number of furan rings is 1. The van der Waals surface area contributed by atoms with Gasteiger partial charge in [-0.3, -0.25) is 9.59 Å². The van der Waals surface area contributed by atoms with Gasteiger partial charge in [0.05, 0.1) is 17.9 Å². The molecule has 0 aliphatic heterocycles. The van der Waals surface area contributed by atoms with Crippen molar-refractivity contribution in [3.05, 3.63) is 53.5 Å². The minimum Gasteiger partial charge on any atom is -0.464 e. The number of carbonyl (C=O) groups excluding carboxylic acids is 2. The zero-order chi connectivity index (χ0) is 16.1. The average Bonchev–Trinajstić information content (AvgIpc) is 2.89. The smallest absolute Gasteiger partial charge is 0.255 e. The normalized spacial score (nSPS) is 10.5. The lowest BCUT2D eigenvalue weighted by atomic mass is 10.2. The third-order valence-electron chi connectivity index (χ3n) is 3.02. The Morgan fingerprint density at radius 1 is 1.23 bits per heavy atom. The summed E-state index contributed by atoms with van der Waals surface area (Å²) in [6, 6.07) is 10.9. The quantitative estimate of drug-likeness (QED) is 0.830. The standard InChI is InChI=1S/C16H18N2O3S/c1-11-7-8-12(21-11)9-18(2)16(20)13-5-3-4-6-14(13)22-10-15(17)19/h3-8H,9-10H2,1-2H3,(H2,17,19). The molecule has 0 unspecified atom stereocenters. The molecule has 5 nitrogen and oxygen atoms in total. The van der Waals surface area contributed by atoms with Gasteiger partial charge in [-0.05, 0) is 31.2 Å². The molecule has 0 fully saturated rings. The van der Waals surface area contributed by atoms with Gasteiger partial charge in [0.15, 0.2) is 0 Å². The molecule has 0 aliphatic rings. The van der Waals surface area contributed by atoms with Gasteiger partial charge in [-0.1, -0.05) is 12.1 Å². The number of thioether (sulfide) groups is 1. The van der Waals surface area contributed by atoms with Crippen LogP contribution in [0, 0.1) is 6.92 Å². The maximum absolute atomic E-state index is 12.6. The van der Waals surface area contributed by atoms with Crippen molar-refractivity contribution in [1.82, 2.24) is 4.90 Å². The maximum Gasteiger partial charge on any atom is 0.255 e. The number of hydrogen-bond acceptors (Lipinski definition) is 4. The van der Waals surface area contributed by atoms with E-state index in [1.54, 1.807) is 24.1 Å². The van der Waals surface area contributed by atoms with Crippen molar-refractivity contribution in [2.24, 2.45) is 5.73 Å². The Labute approximate surface area is 133 Å². The van der Waals surface area contributed by atoms with Gasteiger partial charge in [0.25, 0.3) is 5.91 Å². The van der Waals surface area contributed by atoms with Gasteiger partial charge >= 0.3 is 0 Å². The lowest BCUT2D eigenvalue weighted by molar-refractivity contribution is -0.115. The summed E-state index contributed by atoms with van der Waals surface area (Å²) in [4.78, 5) is 25.8. The Balaban J connectivity index is 2.12. The minimum absolute atomic E-state index is 0.123. The molecule has 0 saturated carbocycles. The number of rotatable bonds is 6. The molecule has 0 bridgehead atoms. The Morgan fingerprint density at radius 3 is 2.59 bits per heavy atom. The van der Waals surface area contributed by atoms with Gasteiger partial charge in [-0.25, -0.2) is 0 Å². The molecule has 2 rings (SSSR count). The average molecular weight is 318 g/mol. The minimum atomic E-state index is -0.410. The van der Waals surface area contributed by atoms with E-state index in [0.29, 0.717) is 12.1 Å². The van der Waals surface area contributed by atoms with Crippen molar-refractivity contribution >= 4 is 23.6 Å². The van der Waals surface area contributed by atoms with Crippen LogP contribution in [0.1, 0.15) is 21.9 Å². The number of aryl methyl sites for hydroxylation is 1. The molecular formula is C16H18N2O3S. The van der Waals surface area contributed by atoms with Crippen molar-refractivity contribution in [2.45, 2.75) is 18.4 Å². The number of nitrogens with zero attached hydrogens (tertiary/aromatic N) is 1. The Bertz CT molecular complexity index is 682. The van der Waals surface area contributed by atoms with E-state index in [1.807, 2.05) is 31.2 Å². The summed E-state index contributed by atoms with van der Waals surface area (Å²) in [6.45, 7) is 2.25. The lowest BCUT2D eigenvalue weighted by Gasteiger charge is -2.17. The topological polar surface area (TPSA) is 76.5 Å². The van der Waals surface area contributed by atoms with Crippen LogP contribution in [0.3, 0.4) is 0 Å². The number of carbonyl (C=O) groups is 2. The largest absolute Gasteiger partial charge is 0.464 e. The van der Waals surface area contributed by atoms with Crippen LogP contribution in [0.5, 0.6) is 0 Å². The summed E-state index contributed by atoms with van der Waals surface area (Å²) < 4.78 is 5.49. The van der Waals surface area contributed by atoms with Gasteiger partial charge in [0.1, 0.15) is 11.5 Å². The van der Waals surface area contributed by atoms with E-state index in [1.165, 1.54) is 11.8 Å². The van der Waals surface area contributed by atoms with Crippen LogP contribution in [0.15, 0.2) is 45.7 Å². The van der Waals surface area contributed by atoms with Crippen LogP contribution in [-0.2, 0) is 11.3 Å². The highest BCUT2D eigenvalue weighted by Crippen LogP contribution is 2.24. The molecule has 1 aromatic heterocycles. The fraction of sp³-hybridized carbons (Fsp3) is 0.250. The number of primary amides is 1. The first-order valence-electron chi connectivity index (χ1n) is 6.78. The SMILES string of the molecule is Cc1ccc(CN(C)C(=O)c2ccccc2SCC(N)=O)o1. The van der Waals surface area contributed by atoms with Gasteiger partial charge < -0.3 is 15.1 Å². The first-order chi connectivity index (χ1) is 10.5. The number of hydrogen-bond donors (Lipinski definition) is 1. The zero-order valence-electron chi connectivity index (χ0n) is 12.5. The summed E-state index contributed by atoms with van der Waals surface area (Å²) in [5, 5.41) is 0. The van der Waals surface area contributed by atoms with E-state index >= 15 is 0 Å². The number of nitrogens with two attached hydrogens (primary N) is 1. The van der Waals surface area contributed by atoms with Gasteiger partial charge in [0.2, 0.25) is 5.91 Å². The fourth-order valence-corrected chi connectivity index (χ4v) is 2.78. The van der Waals surface area contributed by atoms with E-state index in [9.17, 15) is 9.59 Å². The van der Waals surface area contributed by atoms with Crippen LogP contribution in [0.4, 0.5) is 0 Å². The Hall–Kier alpha value is -2.21. The van der Waals surface area contributed by atoms with Crippen LogP contribution in [0.25, 0.3) is 0 Å². The molecule has 0 spiro atoms. The summed E-state index contributed by atoms with van der Waals surface area (Å²) >= 11 is 1.27. The second-order valence-electron chi connectivity index (χ2n) is 4.92. The molecule has 0 atom stereocenters. The molecule has 1 heterocycles. The highest BCUT2D eigenvalue weighted by Gasteiger charge is 2.17. The van der Waals surface area contributed by atoms with Crippen molar-refractivity contribution in [2.75, 3.05) is 12.8 Å². The van der Waals surface area contributed by atoms with E-state index in [2.05, 4.69) is 0 Å². The monoisotopic (exact) mass is 318 g/mol. The molecule has 0 saturated heterocycles. The predicted molar refractivity (Wildman–Crippen MR) is 85.6 cm³/mol. The first-order valence-corrected chi connectivity index (χ1v) is 7.77. The van der Waals surface area contributed by atoms with Crippen LogP contribution in [-0.4, -0.2) is 29.5 Å². The second kappa shape index (κ2) is 7.17. The summed E-state index contributed by atoms with van der Waals surface area (Å²) in [5.74, 6) is 1.16. The predicted octanol–water partition coefficient (Wildman–Crippen LogP) is 2.44. The molecular weight excluding hydrogens is 300 g/mol. The molecule has 0 aliphatic carbocycles. The first kappa shape index (κ1) is 16.2. The summed E-state index contributed by atoms with van der Waals surface area (Å²) in [6.07, 6.45) is 0. The van der Waals surface area contributed by atoms with E-state index < -0.39 is 5.91 Å². The Kier molecular flexibility index (Phi) is 5.27. The van der Waals surface area contributed by atoms with E-state index in [4.69, 9.17) is 10.2 Å². The molecule has 2 amide bonds. The van der Waals surface area contributed by atoms with Crippen LogP contribution >= 0.6 is 11.8 Å². The van der Waals surface area contributed by atoms with Gasteiger partial charge in [0, 0.05) is 11.9 Å². The maximum atomic E-state index is 12.6. The molecule has 2 N–H and O–H groups in total. The molecule has 1 aromatic carbocycles. The highest BCUT2D eigenvalue weighted by molar-refractivity contribution is 8.00. The van der Waals surface area contributed by atoms with E-state index in [-0.39, 0.29) is 11.7 Å². The summed E-state index contributed by atoms with van der Waals surface area (Å²) in [7, 11) is 1.72. The highest BCUT2D eigenvalue weighted by atomic mass is 32.2. The Morgan fingerprint density at radius 2 is 1.95 bits per heavy atom. The molecule has 0 radical (unpaired) electrons. The van der Waals surface area contributed by atoms with Crippen molar-refractivity contribution in [3.8, 4) is 0 Å². The zero-order valence-corrected chi connectivity index (χ0v) is 13.4. The van der Waals surface area contributed by atoms with Crippen LogP contribution in [0.2, 0.25) is 0 Å². The van der Waals surface area contributed by atoms with Crippen molar-refractivity contribution in [1.29, 1.82) is 0 Å². The number of amides is 2. The number of benzene rings is 1. The second-order valence-corrected chi connectivity index (χ2v) is 5.94. The molecule has 22 heavy (non-hydrogen) atoms. The molecule has 116 valence electrons.